The smallest absolute Gasteiger partial charge is 0.255 e. The van der Waals surface area contributed by atoms with Crippen molar-refractivity contribution in [3.05, 3.63) is 94.3 Å². The number of rotatable bonds is 7. The minimum atomic E-state index is -0.383. The highest BCUT2D eigenvalue weighted by Gasteiger charge is 2.15. The van der Waals surface area contributed by atoms with E-state index in [1.165, 1.54) is 17.8 Å². The van der Waals surface area contributed by atoms with Crippen molar-refractivity contribution in [1.82, 2.24) is 0 Å². The summed E-state index contributed by atoms with van der Waals surface area (Å²) in [5.41, 5.74) is 3.24. The fourth-order valence-electron chi connectivity index (χ4n) is 3.11. The Kier molecular flexibility index (Phi) is 8.16. The highest BCUT2D eigenvalue weighted by atomic mass is 35.5. The van der Waals surface area contributed by atoms with Gasteiger partial charge in [-0.15, -0.1) is 11.8 Å². The van der Waals surface area contributed by atoms with Crippen LogP contribution in [0.3, 0.4) is 0 Å². The molecule has 3 rings (SSSR count). The lowest BCUT2D eigenvalue weighted by atomic mass is 9.87. The lowest BCUT2D eigenvalue weighted by molar-refractivity contribution is -0.113. The molecule has 0 aromatic heterocycles. The van der Waals surface area contributed by atoms with Gasteiger partial charge in [-0.2, -0.15) is 0 Å². The Morgan fingerprint density at radius 3 is 2.21 bits per heavy atom. The van der Waals surface area contributed by atoms with E-state index in [-0.39, 0.29) is 28.8 Å². The predicted octanol–water partition coefficient (Wildman–Crippen LogP) is 6.90. The van der Waals surface area contributed by atoms with Gasteiger partial charge in [0.2, 0.25) is 5.91 Å². The fraction of sp³-hybridized carbons (Fsp3) is 0.231. The molecule has 0 spiro atoms. The summed E-state index contributed by atoms with van der Waals surface area (Å²) in [6.45, 7) is 6.36. The van der Waals surface area contributed by atoms with Gasteiger partial charge in [0.1, 0.15) is 5.82 Å². The molecule has 172 valence electrons. The summed E-state index contributed by atoms with van der Waals surface area (Å²) in [6.07, 6.45) is 0. The Bertz CT molecular complexity index is 1120. The Hall–Kier alpha value is -2.83. The number of amides is 2. The van der Waals surface area contributed by atoms with Crippen LogP contribution >= 0.6 is 23.4 Å². The number of hydrogen-bond donors (Lipinski definition) is 2. The van der Waals surface area contributed by atoms with Crippen molar-refractivity contribution in [2.45, 2.75) is 31.9 Å². The Labute approximate surface area is 202 Å². The van der Waals surface area contributed by atoms with Gasteiger partial charge in [-0.3, -0.25) is 9.59 Å². The molecule has 3 aromatic carbocycles. The highest BCUT2D eigenvalue weighted by molar-refractivity contribution is 7.99. The predicted molar refractivity (Wildman–Crippen MR) is 136 cm³/mol. The van der Waals surface area contributed by atoms with Gasteiger partial charge in [0.15, 0.2) is 0 Å². The van der Waals surface area contributed by atoms with Crippen molar-refractivity contribution >= 4 is 46.6 Å². The molecule has 0 saturated heterocycles. The van der Waals surface area contributed by atoms with Crippen LogP contribution in [0.25, 0.3) is 0 Å². The Balaban J connectivity index is 1.54. The number of carbonyl (C=O) groups is 2. The van der Waals surface area contributed by atoms with Gasteiger partial charge in [0.05, 0.1) is 5.75 Å². The molecule has 7 heteroatoms. The monoisotopic (exact) mass is 484 g/mol. The molecule has 0 atom stereocenters. The molecule has 3 aromatic rings. The lowest BCUT2D eigenvalue weighted by Crippen LogP contribution is -2.16. The third-order valence-corrected chi connectivity index (χ3v) is 6.27. The summed E-state index contributed by atoms with van der Waals surface area (Å²) in [6, 6.07) is 19.0. The number of carbonyl (C=O) groups excluding carboxylic acids is 2. The zero-order valence-electron chi connectivity index (χ0n) is 18.7. The molecular weight excluding hydrogens is 459 g/mol. The topological polar surface area (TPSA) is 58.2 Å². The summed E-state index contributed by atoms with van der Waals surface area (Å²) in [4.78, 5) is 24.9. The standard InChI is InChI=1S/C26H26ClFN2O2S/c1-26(2,3)18-12-10-17(11-13-18)25(32)30-20-7-4-6-19(14-20)29-24(31)16-33-15-21-22(27)8-5-9-23(21)28/h4-14H,15-16H2,1-3H3,(H,29,31)(H,30,32). The summed E-state index contributed by atoms with van der Waals surface area (Å²) in [7, 11) is 0. The van der Waals surface area contributed by atoms with Gasteiger partial charge in [0, 0.05) is 33.3 Å². The minimum absolute atomic E-state index is 0.0152. The van der Waals surface area contributed by atoms with Gasteiger partial charge in [0.25, 0.3) is 5.91 Å². The molecule has 0 unspecified atom stereocenters. The van der Waals surface area contributed by atoms with Crippen LogP contribution in [0.15, 0.2) is 66.7 Å². The normalized spacial score (nSPS) is 11.2. The zero-order valence-corrected chi connectivity index (χ0v) is 20.3. The van der Waals surface area contributed by atoms with Crippen LogP contribution < -0.4 is 10.6 Å². The van der Waals surface area contributed by atoms with Crippen LogP contribution in [0.4, 0.5) is 15.8 Å². The average Bonchev–Trinajstić information content (AvgIpc) is 2.75. The highest BCUT2D eigenvalue weighted by Crippen LogP contribution is 2.25. The van der Waals surface area contributed by atoms with Crippen LogP contribution in [0.5, 0.6) is 0 Å². The number of anilines is 2. The molecule has 0 saturated carbocycles. The van der Waals surface area contributed by atoms with Crippen molar-refractivity contribution in [3.63, 3.8) is 0 Å². The van der Waals surface area contributed by atoms with Gasteiger partial charge < -0.3 is 10.6 Å². The van der Waals surface area contributed by atoms with Gasteiger partial charge in [-0.1, -0.05) is 56.6 Å². The number of halogens is 2. The van der Waals surface area contributed by atoms with Crippen molar-refractivity contribution in [3.8, 4) is 0 Å². The van der Waals surface area contributed by atoms with E-state index < -0.39 is 0 Å². The summed E-state index contributed by atoms with van der Waals surface area (Å²) in [5.74, 6) is -0.401. The van der Waals surface area contributed by atoms with Crippen LogP contribution in [0.2, 0.25) is 5.02 Å². The quantitative estimate of drug-likeness (QED) is 0.383. The lowest BCUT2D eigenvalue weighted by Gasteiger charge is -2.19. The molecular formula is C26H26ClFN2O2S. The molecule has 33 heavy (non-hydrogen) atoms. The maximum atomic E-state index is 13.8. The van der Waals surface area contributed by atoms with E-state index in [0.717, 1.165) is 5.56 Å². The number of benzene rings is 3. The number of thioether (sulfide) groups is 1. The first kappa shape index (κ1) is 24.8. The van der Waals surface area contributed by atoms with Crippen LogP contribution in [0, 0.1) is 5.82 Å². The van der Waals surface area contributed by atoms with Crippen molar-refractivity contribution in [2.24, 2.45) is 0 Å². The molecule has 0 heterocycles. The molecule has 0 aliphatic heterocycles. The van der Waals surface area contributed by atoms with Crippen molar-refractivity contribution in [2.75, 3.05) is 16.4 Å². The second-order valence-electron chi connectivity index (χ2n) is 8.60. The second kappa shape index (κ2) is 10.9. The van der Waals surface area contributed by atoms with E-state index >= 15 is 0 Å². The van der Waals surface area contributed by atoms with Crippen molar-refractivity contribution in [1.29, 1.82) is 0 Å². The SMILES string of the molecule is CC(C)(C)c1ccc(C(=O)Nc2cccc(NC(=O)CSCc3c(F)cccc3Cl)c2)cc1. The maximum Gasteiger partial charge on any atom is 0.255 e. The van der Waals surface area contributed by atoms with Gasteiger partial charge in [-0.25, -0.2) is 4.39 Å². The third kappa shape index (κ3) is 7.07. The molecule has 0 aliphatic carbocycles. The molecule has 2 N–H and O–H groups in total. The van der Waals surface area contributed by atoms with Gasteiger partial charge >= 0.3 is 0 Å². The van der Waals surface area contributed by atoms with E-state index in [1.54, 1.807) is 48.5 Å². The van der Waals surface area contributed by atoms with E-state index in [1.807, 2.05) is 12.1 Å². The molecule has 0 bridgehead atoms. The minimum Gasteiger partial charge on any atom is -0.325 e. The fourth-order valence-corrected chi connectivity index (χ4v) is 4.28. The van der Waals surface area contributed by atoms with E-state index in [2.05, 4.69) is 31.4 Å². The number of nitrogens with one attached hydrogen (secondary N) is 2. The summed E-state index contributed by atoms with van der Waals surface area (Å²) in [5, 5.41) is 6.00. The summed E-state index contributed by atoms with van der Waals surface area (Å²) >= 11 is 7.29. The van der Waals surface area contributed by atoms with E-state index in [4.69, 9.17) is 11.6 Å². The molecule has 0 aliphatic rings. The first-order valence-corrected chi connectivity index (χ1v) is 12.0. The first-order valence-electron chi connectivity index (χ1n) is 10.5. The van der Waals surface area contributed by atoms with Crippen LogP contribution in [0.1, 0.15) is 42.3 Å². The zero-order chi connectivity index (χ0) is 24.0. The molecule has 0 radical (unpaired) electrons. The summed E-state index contributed by atoms with van der Waals surface area (Å²) < 4.78 is 13.8. The number of hydrogen-bond acceptors (Lipinski definition) is 3. The van der Waals surface area contributed by atoms with E-state index in [9.17, 15) is 14.0 Å². The third-order valence-electron chi connectivity index (χ3n) is 4.96. The second-order valence-corrected chi connectivity index (χ2v) is 10.00. The maximum absolute atomic E-state index is 13.8. The van der Waals surface area contributed by atoms with Crippen molar-refractivity contribution < 1.29 is 14.0 Å². The average molecular weight is 485 g/mol. The Morgan fingerprint density at radius 2 is 1.58 bits per heavy atom. The van der Waals surface area contributed by atoms with Gasteiger partial charge in [-0.05, 0) is 53.4 Å². The molecule has 2 amide bonds. The van der Waals surface area contributed by atoms with E-state index in [0.29, 0.717) is 33.3 Å². The largest absolute Gasteiger partial charge is 0.325 e. The molecule has 0 fully saturated rings. The first-order chi connectivity index (χ1) is 15.6. The van der Waals surface area contributed by atoms with Crippen LogP contribution in [-0.4, -0.2) is 17.6 Å². The van der Waals surface area contributed by atoms with Crippen LogP contribution in [-0.2, 0) is 16.0 Å². The molecule has 4 nitrogen and oxygen atoms in total. The Morgan fingerprint density at radius 1 is 0.939 bits per heavy atom.